The molecule has 1 heterocycles. The Morgan fingerprint density at radius 3 is 2.75 bits per heavy atom. The quantitative estimate of drug-likeness (QED) is 0.823. The normalized spacial score (nSPS) is 15.3. The van der Waals surface area contributed by atoms with Crippen molar-refractivity contribution in [2.75, 3.05) is 6.54 Å². The summed E-state index contributed by atoms with van der Waals surface area (Å²) in [6.45, 7) is -0.0161. The van der Waals surface area contributed by atoms with Crippen LogP contribution in [0.25, 0.3) is 11.0 Å². The van der Waals surface area contributed by atoms with Gasteiger partial charge in [0.2, 0.25) is 5.91 Å². The fourth-order valence-electron chi connectivity index (χ4n) is 3.21. The smallest absolute Gasteiger partial charge is 0.325 e. The molecule has 1 N–H and O–H groups in total. The maximum atomic E-state index is 11.9. The van der Waals surface area contributed by atoms with Gasteiger partial charge >= 0.3 is 5.97 Å². The van der Waals surface area contributed by atoms with Gasteiger partial charge in [-0.3, -0.25) is 9.59 Å². The summed E-state index contributed by atoms with van der Waals surface area (Å²) >= 11 is 0. The van der Waals surface area contributed by atoms with Gasteiger partial charge in [-0.2, -0.15) is 0 Å². The van der Waals surface area contributed by atoms with Crippen LogP contribution in [0.3, 0.4) is 0 Å². The average molecular weight is 329 g/mol. The summed E-state index contributed by atoms with van der Waals surface area (Å²) in [5.74, 6) is 0.540. The number of esters is 1. The van der Waals surface area contributed by atoms with E-state index in [2.05, 4.69) is 5.32 Å². The highest BCUT2D eigenvalue weighted by Crippen LogP contribution is 2.26. The first-order chi connectivity index (χ1) is 11.7. The minimum absolute atomic E-state index is 0.0670. The van der Waals surface area contributed by atoms with Gasteiger partial charge in [0.1, 0.15) is 24.5 Å². The second-order valence-corrected chi connectivity index (χ2v) is 6.40. The van der Waals surface area contributed by atoms with Gasteiger partial charge in [0, 0.05) is 11.8 Å². The number of ether oxygens (including phenoxy) is 1. The lowest BCUT2D eigenvalue weighted by Gasteiger charge is -2.20. The molecule has 0 bridgehead atoms. The highest BCUT2D eigenvalue weighted by atomic mass is 16.5. The van der Waals surface area contributed by atoms with Crippen LogP contribution < -0.4 is 5.32 Å². The number of para-hydroxylation sites is 1. The second-order valence-electron chi connectivity index (χ2n) is 6.40. The van der Waals surface area contributed by atoms with Crippen molar-refractivity contribution >= 4 is 22.8 Å². The zero-order valence-corrected chi connectivity index (χ0v) is 13.8. The molecule has 1 saturated carbocycles. The van der Waals surface area contributed by atoms with Crippen LogP contribution >= 0.6 is 0 Å². The molecule has 1 aliphatic rings. The summed E-state index contributed by atoms with van der Waals surface area (Å²) in [4.78, 5) is 23.6. The summed E-state index contributed by atoms with van der Waals surface area (Å²) in [5.41, 5.74) is 0.768. The number of rotatable bonds is 6. The first kappa shape index (κ1) is 16.6. The van der Waals surface area contributed by atoms with Crippen LogP contribution in [0.2, 0.25) is 0 Å². The van der Waals surface area contributed by atoms with Crippen molar-refractivity contribution in [1.82, 2.24) is 5.32 Å². The molecule has 1 aromatic heterocycles. The Hall–Kier alpha value is -2.30. The molecule has 5 nitrogen and oxygen atoms in total. The molecular formula is C19H23NO4. The minimum atomic E-state index is -0.451. The predicted octanol–water partition coefficient (Wildman–Crippen LogP) is 3.56. The van der Waals surface area contributed by atoms with E-state index in [-0.39, 0.29) is 19.1 Å². The first-order valence-corrected chi connectivity index (χ1v) is 8.60. The summed E-state index contributed by atoms with van der Waals surface area (Å²) in [6, 6.07) is 9.48. The summed E-state index contributed by atoms with van der Waals surface area (Å²) < 4.78 is 10.7. The topological polar surface area (TPSA) is 68.5 Å². The van der Waals surface area contributed by atoms with Crippen LogP contribution in [0.4, 0.5) is 0 Å². The second kappa shape index (κ2) is 7.99. The number of amides is 1. The lowest BCUT2D eigenvalue weighted by Crippen LogP contribution is -2.32. The largest absolute Gasteiger partial charge is 0.457 e. The number of furan rings is 1. The van der Waals surface area contributed by atoms with Crippen LogP contribution in [0.5, 0.6) is 0 Å². The van der Waals surface area contributed by atoms with E-state index in [1.807, 2.05) is 30.3 Å². The van der Waals surface area contributed by atoms with Crippen molar-refractivity contribution in [3.8, 4) is 0 Å². The van der Waals surface area contributed by atoms with Gasteiger partial charge in [-0.25, -0.2) is 0 Å². The molecule has 2 aromatic rings. The van der Waals surface area contributed by atoms with E-state index >= 15 is 0 Å². The van der Waals surface area contributed by atoms with E-state index in [0.29, 0.717) is 18.1 Å². The molecule has 1 aromatic carbocycles. The molecule has 0 radical (unpaired) electrons. The van der Waals surface area contributed by atoms with Gasteiger partial charge in [0.05, 0.1) is 0 Å². The fourth-order valence-corrected chi connectivity index (χ4v) is 3.21. The third-order valence-electron chi connectivity index (χ3n) is 4.48. The first-order valence-electron chi connectivity index (χ1n) is 8.60. The van der Waals surface area contributed by atoms with E-state index in [9.17, 15) is 9.59 Å². The van der Waals surface area contributed by atoms with E-state index < -0.39 is 5.97 Å². The van der Waals surface area contributed by atoms with E-state index in [1.165, 1.54) is 19.3 Å². The standard InChI is InChI=1S/C19H23NO4/c21-18(10-14-6-2-1-3-7-14)20-12-19(22)23-13-16-11-15-8-4-5-9-17(15)24-16/h4-5,8-9,11,14H,1-3,6-7,10,12-13H2,(H,20,21). The van der Waals surface area contributed by atoms with E-state index in [4.69, 9.17) is 9.15 Å². The van der Waals surface area contributed by atoms with Gasteiger partial charge in [-0.1, -0.05) is 37.5 Å². The molecule has 1 fully saturated rings. The summed E-state index contributed by atoms with van der Waals surface area (Å²) in [5, 5.41) is 3.62. The van der Waals surface area contributed by atoms with Gasteiger partial charge in [-0.15, -0.1) is 0 Å². The molecular weight excluding hydrogens is 306 g/mol. The number of hydrogen-bond acceptors (Lipinski definition) is 4. The third kappa shape index (κ3) is 4.60. The zero-order valence-electron chi connectivity index (χ0n) is 13.8. The van der Waals surface area contributed by atoms with Crippen molar-refractivity contribution in [1.29, 1.82) is 0 Å². The number of carbonyl (C=O) groups excluding carboxylic acids is 2. The monoisotopic (exact) mass is 329 g/mol. The molecule has 24 heavy (non-hydrogen) atoms. The Kier molecular flexibility index (Phi) is 5.51. The van der Waals surface area contributed by atoms with Crippen LogP contribution in [0, 0.1) is 5.92 Å². The molecule has 0 atom stereocenters. The molecule has 1 amide bonds. The highest BCUT2D eigenvalue weighted by molar-refractivity contribution is 5.82. The lowest BCUT2D eigenvalue weighted by atomic mass is 9.87. The number of benzene rings is 1. The van der Waals surface area contributed by atoms with Crippen molar-refractivity contribution < 1.29 is 18.7 Å². The third-order valence-corrected chi connectivity index (χ3v) is 4.48. The van der Waals surface area contributed by atoms with Crippen LogP contribution in [0.1, 0.15) is 44.3 Å². The number of carbonyl (C=O) groups is 2. The fraction of sp³-hybridized carbons (Fsp3) is 0.474. The summed E-state index contributed by atoms with van der Waals surface area (Å²) in [7, 11) is 0. The van der Waals surface area contributed by atoms with Crippen molar-refractivity contribution in [2.45, 2.75) is 45.1 Å². The van der Waals surface area contributed by atoms with Crippen molar-refractivity contribution in [3.05, 3.63) is 36.1 Å². The van der Waals surface area contributed by atoms with Gasteiger partial charge in [0.25, 0.3) is 0 Å². The van der Waals surface area contributed by atoms with Crippen LogP contribution in [-0.4, -0.2) is 18.4 Å². The predicted molar refractivity (Wildman–Crippen MR) is 90.2 cm³/mol. The molecule has 0 saturated heterocycles. The molecule has 128 valence electrons. The highest BCUT2D eigenvalue weighted by Gasteiger charge is 2.17. The van der Waals surface area contributed by atoms with E-state index in [0.717, 1.165) is 23.8 Å². The lowest BCUT2D eigenvalue weighted by molar-refractivity contribution is -0.145. The van der Waals surface area contributed by atoms with Gasteiger partial charge in [-0.05, 0) is 30.9 Å². The number of hydrogen-bond donors (Lipinski definition) is 1. The number of nitrogens with one attached hydrogen (secondary N) is 1. The van der Waals surface area contributed by atoms with Gasteiger partial charge < -0.3 is 14.5 Å². The Morgan fingerprint density at radius 1 is 1.17 bits per heavy atom. The molecule has 0 spiro atoms. The molecule has 0 aliphatic heterocycles. The molecule has 3 rings (SSSR count). The van der Waals surface area contributed by atoms with Crippen LogP contribution in [0.15, 0.2) is 34.7 Å². The molecule has 5 heteroatoms. The Balaban J connectivity index is 1.38. The van der Waals surface area contributed by atoms with Crippen LogP contribution in [-0.2, 0) is 20.9 Å². The molecule has 0 unspecified atom stereocenters. The maximum absolute atomic E-state index is 11.9. The van der Waals surface area contributed by atoms with Crippen molar-refractivity contribution in [3.63, 3.8) is 0 Å². The van der Waals surface area contributed by atoms with Crippen molar-refractivity contribution in [2.24, 2.45) is 5.92 Å². The number of fused-ring (bicyclic) bond motifs is 1. The Bertz CT molecular complexity index is 667. The summed E-state index contributed by atoms with van der Waals surface area (Å²) in [6.07, 6.45) is 6.42. The molecule has 1 aliphatic carbocycles. The van der Waals surface area contributed by atoms with E-state index in [1.54, 1.807) is 0 Å². The zero-order chi connectivity index (χ0) is 16.8. The average Bonchev–Trinajstić information content (AvgIpc) is 3.02. The Morgan fingerprint density at radius 2 is 1.96 bits per heavy atom. The Labute approximate surface area is 141 Å². The SMILES string of the molecule is O=C(CC1CCCCC1)NCC(=O)OCc1cc2ccccc2o1. The minimum Gasteiger partial charge on any atom is -0.457 e. The maximum Gasteiger partial charge on any atom is 0.325 e. The van der Waals surface area contributed by atoms with Gasteiger partial charge in [0.15, 0.2) is 0 Å².